The van der Waals surface area contributed by atoms with E-state index in [1.165, 1.54) is 18.2 Å². The number of rotatable bonds is 7. The van der Waals surface area contributed by atoms with Crippen LogP contribution in [0.15, 0.2) is 29.2 Å². The van der Waals surface area contributed by atoms with Gasteiger partial charge in [0, 0.05) is 19.1 Å². The molecule has 1 aromatic heterocycles. The summed E-state index contributed by atoms with van der Waals surface area (Å²) in [6, 6.07) is 5.26. The molecule has 1 fully saturated rings. The molecule has 1 aromatic carbocycles. The maximum absolute atomic E-state index is 15.0. The first-order valence-electron chi connectivity index (χ1n) is 9.39. The summed E-state index contributed by atoms with van der Waals surface area (Å²) in [6.07, 6.45) is 0.891. The predicted molar refractivity (Wildman–Crippen MR) is 115 cm³/mol. The molecule has 0 spiro atoms. The van der Waals surface area contributed by atoms with Gasteiger partial charge in [-0.3, -0.25) is 4.72 Å². The number of sulfonamides is 1. The molecule has 0 radical (unpaired) electrons. The van der Waals surface area contributed by atoms with Crippen molar-refractivity contribution in [2.75, 3.05) is 29.3 Å². The Morgan fingerprint density at radius 1 is 1.30 bits per heavy atom. The lowest BCUT2D eigenvalue weighted by molar-refractivity contribution is 0.480. The van der Waals surface area contributed by atoms with Crippen LogP contribution in [0.1, 0.15) is 20.3 Å². The molecule has 2 aromatic rings. The van der Waals surface area contributed by atoms with Gasteiger partial charge >= 0.3 is 0 Å². The van der Waals surface area contributed by atoms with E-state index in [9.17, 15) is 12.8 Å². The van der Waals surface area contributed by atoms with Crippen LogP contribution in [0.5, 0.6) is 0 Å². The highest BCUT2D eigenvalue weighted by Gasteiger charge is 2.31. The molecule has 0 unspecified atom stereocenters. The van der Waals surface area contributed by atoms with Gasteiger partial charge in [-0.25, -0.2) is 17.8 Å². The van der Waals surface area contributed by atoms with Crippen molar-refractivity contribution in [3.05, 3.63) is 46.1 Å². The Balaban J connectivity index is 1.86. The number of halogens is 4. The van der Waals surface area contributed by atoms with Crippen molar-refractivity contribution in [1.82, 2.24) is 10.3 Å². The topological polar surface area (TPSA) is 74.3 Å². The Kier molecular flexibility index (Phi) is 7.06. The SMILES string of the molecule is CC(C)NC[C@@H]1CCN(c2cc(Cl)c(S(=O)(=O)Nc3cccc(F)n3)c(F)c2Cl)C1. The van der Waals surface area contributed by atoms with Crippen LogP contribution in [0.2, 0.25) is 10.0 Å². The minimum atomic E-state index is -4.48. The number of anilines is 2. The summed E-state index contributed by atoms with van der Waals surface area (Å²) in [4.78, 5) is 4.50. The number of aromatic nitrogens is 1. The Morgan fingerprint density at radius 3 is 2.70 bits per heavy atom. The second-order valence-electron chi connectivity index (χ2n) is 7.45. The van der Waals surface area contributed by atoms with E-state index in [4.69, 9.17) is 23.2 Å². The number of pyridine rings is 1. The standard InChI is InChI=1S/C19H22Cl2F2N4O2S/c1-11(2)24-9-12-6-7-27(10-12)14-8-13(20)19(18(23)17(14)21)30(28,29)26-16-5-3-4-15(22)25-16/h3-5,8,11-12,24H,6-7,9-10H2,1-2H3,(H,25,26)/t12-/m0/s1. The Morgan fingerprint density at radius 2 is 2.03 bits per heavy atom. The molecule has 3 rings (SSSR count). The van der Waals surface area contributed by atoms with Gasteiger partial charge in [-0.15, -0.1) is 0 Å². The van der Waals surface area contributed by atoms with Gasteiger partial charge in [-0.2, -0.15) is 4.39 Å². The molecule has 1 saturated heterocycles. The average Bonchev–Trinajstić information content (AvgIpc) is 3.11. The minimum Gasteiger partial charge on any atom is -0.370 e. The third-order valence-corrected chi connectivity index (χ3v) is 6.95. The zero-order valence-electron chi connectivity index (χ0n) is 16.4. The molecule has 11 heteroatoms. The molecular weight excluding hydrogens is 457 g/mol. The first-order chi connectivity index (χ1) is 14.1. The fourth-order valence-corrected chi connectivity index (χ4v) is 5.28. The number of hydrogen-bond acceptors (Lipinski definition) is 5. The number of nitrogens with one attached hydrogen (secondary N) is 2. The average molecular weight is 479 g/mol. The van der Waals surface area contributed by atoms with Crippen LogP contribution in [0.4, 0.5) is 20.3 Å². The van der Waals surface area contributed by atoms with Gasteiger partial charge in [-0.1, -0.05) is 43.1 Å². The second-order valence-corrected chi connectivity index (χ2v) is 9.85. The number of benzene rings is 1. The molecular formula is C19H22Cl2F2N4O2S. The van der Waals surface area contributed by atoms with Gasteiger partial charge in [0.05, 0.1) is 10.7 Å². The highest BCUT2D eigenvalue weighted by atomic mass is 35.5. The zero-order chi connectivity index (χ0) is 22.1. The fourth-order valence-electron chi connectivity index (χ4n) is 3.32. The Labute approximate surface area is 184 Å². The van der Waals surface area contributed by atoms with Gasteiger partial charge in [0.1, 0.15) is 15.7 Å². The molecule has 30 heavy (non-hydrogen) atoms. The monoisotopic (exact) mass is 478 g/mol. The van der Waals surface area contributed by atoms with Crippen LogP contribution in [0, 0.1) is 17.7 Å². The largest absolute Gasteiger partial charge is 0.370 e. The third-order valence-electron chi connectivity index (χ3n) is 4.76. The zero-order valence-corrected chi connectivity index (χ0v) is 18.8. The lowest BCUT2D eigenvalue weighted by Gasteiger charge is -2.22. The second kappa shape index (κ2) is 9.21. The molecule has 0 aliphatic carbocycles. The summed E-state index contributed by atoms with van der Waals surface area (Å²) < 4.78 is 55.6. The van der Waals surface area contributed by atoms with Crippen LogP contribution in [-0.4, -0.2) is 39.1 Å². The van der Waals surface area contributed by atoms with Gasteiger partial charge in [-0.05, 0) is 37.1 Å². The predicted octanol–water partition coefficient (Wildman–Crippen LogP) is 4.29. The fraction of sp³-hybridized carbons (Fsp3) is 0.421. The summed E-state index contributed by atoms with van der Waals surface area (Å²) in [7, 11) is -4.48. The Bertz CT molecular complexity index is 1040. The third kappa shape index (κ3) is 5.14. The molecule has 1 aliphatic heterocycles. The van der Waals surface area contributed by atoms with Crippen LogP contribution in [-0.2, 0) is 10.0 Å². The Hall–Kier alpha value is -1.68. The normalized spacial score (nSPS) is 17.0. The summed E-state index contributed by atoms with van der Waals surface area (Å²) in [5.74, 6) is -1.99. The highest BCUT2D eigenvalue weighted by molar-refractivity contribution is 7.92. The van der Waals surface area contributed by atoms with Crippen LogP contribution < -0.4 is 14.9 Å². The summed E-state index contributed by atoms with van der Waals surface area (Å²) >= 11 is 12.4. The van der Waals surface area contributed by atoms with Gasteiger partial charge in [0.2, 0.25) is 5.95 Å². The first-order valence-corrected chi connectivity index (χ1v) is 11.6. The van der Waals surface area contributed by atoms with Crippen molar-refractivity contribution in [2.45, 2.75) is 31.2 Å². The molecule has 1 aliphatic rings. The van der Waals surface area contributed by atoms with E-state index in [0.29, 0.717) is 30.7 Å². The van der Waals surface area contributed by atoms with Crippen LogP contribution in [0.3, 0.4) is 0 Å². The molecule has 1 atom stereocenters. The van der Waals surface area contributed by atoms with Gasteiger partial charge < -0.3 is 10.2 Å². The van der Waals surface area contributed by atoms with Gasteiger partial charge in [0.15, 0.2) is 5.82 Å². The molecule has 0 amide bonds. The van der Waals surface area contributed by atoms with Crippen molar-refractivity contribution in [2.24, 2.45) is 5.92 Å². The summed E-state index contributed by atoms with van der Waals surface area (Å²) in [5.41, 5.74) is 0.342. The van der Waals surface area contributed by atoms with E-state index in [1.54, 1.807) is 0 Å². The minimum absolute atomic E-state index is 0.300. The molecule has 0 bridgehead atoms. The van der Waals surface area contributed by atoms with E-state index in [2.05, 4.69) is 24.1 Å². The van der Waals surface area contributed by atoms with Crippen molar-refractivity contribution in [3.63, 3.8) is 0 Å². The van der Waals surface area contributed by atoms with Crippen LogP contribution in [0.25, 0.3) is 0 Å². The van der Waals surface area contributed by atoms with Crippen molar-refractivity contribution in [1.29, 1.82) is 0 Å². The molecule has 2 N–H and O–H groups in total. The highest BCUT2D eigenvalue weighted by Crippen LogP contribution is 2.39. The molecule has 6 nitrogen and oxygen atoms in total. The van der Waals surface area contributed by atoms with Gasteiger partial charge in [0.25, 0.3) is 10.0 Å². The smallest absolute Gasteiger partial charge is 0.267 e. The van der Waals surface area contributed by atoms with Crippen LogP contribution >= 0.6 is 23.2 Å². The van der Waals surface area contributed by atoms with E-state index < -0.39 is 26.7 Å². The van der Waals surface area contributed by atoms with Crippen molar-refractivity contribution >= 4 is 44.7 Å². The maximum atomic E-state index is 15.0. The lowest BCUT2D eigenvalue weighted by Crippen LogP contribution is -2.30. The van der Waals surface area contributed by atoms with Crippen molar-refractivity contribution < 1.29 is 17.2 Å². The number of hydrogen-bond donors (Lipinski definition) is 2. The van der Waals surface area contributed by atoms with E-state index >= 15 is 4.39 Å². The van der Waals surface area contributed by atoms with E-state index in [1.807, 2.05) is 9.62 Å². The molecule has 164 valence electrons. The van der Waals surface area contributed by atoms with E-state index in [-0.39, 0.29) is 15.9 Å². The van der Waals surface area contributed by atoms with E-state index in [0.717, 1.165) is 19.0 Å². The number of nitrogens with zero attached hydrogens (tertiary/aromatic N) is 2. The molecule has 0 saturated carbocycles. The lowest BCUT2D eigenvalue weighted by atomic mass is 10.1. The quantitative estimate of drug-likeness (QED) is 0.458. The first kappa shape index (κ1) is 23.0. The van der Waals surface area contributed by atoms with Crippen molar-refractivity contribution in [3.8, 4) is 0 Å². The summed E-state index contributed by atoms with van der Waals surface area (Å²) in [6.45, 7) is 6.24. The maximum Gasteiger partial charge on any atom is 0.267 e. The summed E-state index contributed by atoms with van der Waals surface area (Å²) in [5, 5.41) is 2.72. The molecule has 2 heterocycles.